The second kappa shape index (κ2) is 19.2. The average molecular weight is 917 g/mol. The Bertz CT molecular complexity index is 2840. The lowest BCUT2D eigenvalue weighted by atomic mass is 9.76. The third kappa shape index (κ3) is 10.4. The highest BCUT2D eigenvalue weighted by Crippen LogP contribution is 2.43. The van der Waals surface area contributed by atoms with Gasteiger partial charge in [-0.2, -0.15) is 0 Å². The Balaban J connectivity index is 0.894. The standard InChI is InChI=1S/C62H64N2O5/c1-37-29-45(30-38(2)57(37)66-53-17-13-49(63)14-18-53)61(9,10)47-33-41(5)59(42(6)34-47)68-55-25-21-51(22-26-55)65-52-23-27-56(28-24-52)69-60-43(7)35-48(36-44(60)8)62(11,12)46-31-39(3)58(40(4)32-46)67-54-19-15-50(64)16-20-54/h13-36H,63-64H2,1-12H3. The molecule has 0 spiro atoms. The molecular formula is C62H64N2O5. The van der Waals surface area contributed by atoms with Gasteiger partial charge in [-0.05, 0) is 219 Å². The summed E-state index contributed by atoms with van der Waals surface area (Å²) in [7, 11) is 0. The third-order valence-corrected chi connectivity index (χ3v) is 13.3. The van der Waals surface area contributed by atoms with Gasteiger partial charge in [0, 0.05) is 22.2 Å². The second-order valence-electron chi connectivity index (χ2n) is 19.6. The molecule has 0 aliphatic carbocycles. The fraction of sp³-hybridized carbons (Fsp3) is 0.226. The van der Waals surface area contributed by atoms with Crippen LogP contribution in [0.1, 0.15) is 94.5 Å². The maximum atomic E-state index is 6.51. The van der Waals surface area contributed by atoms with Crippen LogP contribution < -0.4 is 35.2 Å². The molecule has 0 aromatic heterocycles. The summed E-state index contributed by atoms with van der Waals surface area (Å²) >= 11 is 0. The van der Waals surface area contributed by atoms with E-state index in [1.54, 1.807) is 0 Å². The molecule has 8 rings (SSSR count). The predicted octanol–water partition coefficient (Wildman–Crippen LogP) is 16.9. The second-order valence-corrected chi connectivity index (χ2v) is 19.6. The van der Waals surface area contributed by atoms with E-state index in [4.69, 9.17) is 35.2 Å². The smallest absolute Gasteiger partial charge is 0.133 e. The Morgan fingerprint density at radius 3 is 0.609 bits per heavy atom. The van der Waals surface area contributed by atoms with Crippen molar-refractivity contribution in [3.8, 4) is 57.5 Å². The summed E-state index contributed by atoms with van der Waals surface area (Å²) in [6.07, 6.45) is 0. The molecule has 352 valence electrons. The quantitative estimate of drug-likeness (QED) is 0.105. The van der Waals surface area contributed by atoms with Crippen LogP contribution in [0.4, 0.5) is 11.4 Å². The van der Waals surface area contributed by atoms with E-state index in [9.17, 15) is 0 Å². The fourth-order valence-corrected chi connectivity index (χ4v) is 9.05. The van der Waals surface area contributed by atoms with Crippen molar-refractivity contribution in [3.63, 3.8) is 0 Å². The van der Waals surface area contributed by atoms with Gasteiger partial charge in [-0.3, -0.25) is 0 Å². The molecule has 0 aliphatic rings. The molecule has 0 fully saturated rings. The summed E-state index contributed by atoms with van der Waals surface area (Å²) in [6, 6.07) is 48.3. The van der Waals surface area contributed by atoms with Gasteiger partial charge < -0.3 is 35.2 Å². The van der Waals surface area contributed by atoms with Crippen molar-refractivity contribution in [2.24, 2.45) is 0 Å². The molecule has 0 bridgehead atoms. The lowest BCUT2D eigenvalue weighted by molar-refractivity contribution is 0.459. The number of nitrogen functional groups attached to an aromatic ring is 2. The molecule has 7 nitrogen and oxygen atoms in total. The summed E-state index contributed by atoms with van der Waals surface area (Å²) in [5.74, 6) is 7.83. The fourth-order valence-electron chi connectivity index (χ4n) is 9.05. The van der Waals surface area contributed by atoms with E-state index in [1.807, 2.05) is 97.1 Å². The number of benzene rings is 8. The van der Waals surface area contributed by atoms with Crippen LogP contribution in [0, 0.1) is 55.4 Å². The van der Waals surface area contributed by atoms with E-state index in [1.165, 1.54) is 22.3 Å². The van der Waals surface area contributed by atoms with Gasteiger partial charge in [0.25, 0.3) is 0 Å². The van der Waals surface area contributed by atoms with Crippen LogP contribution in [0.5, 0.6) is 57.5 Å². The van der Waals surface area contributed by atoms with Gasteiger partial charge in [-0.15, -0.1) is 0 Å². The highest BCUT2D eigenvalue weighted by molar-refractivity contribution is 5.57. The first-order chi connectivity index (χ1) is 32.7. The van der Waals surface area contributed by atoms with E-state index >= 15 is 0 Å². The largest absolute Gasteiger partial charge is 0.457 e. The Hall–Kier alpha value is -7.64. The zero-order chi connectivity index (χ0) is 49.4. The van der Waals surface area contributed by atoms with Gasteiger partial charge in [-0.25, -0.2) is 0 Å². The highest BCUT2D eigenvalue weighted by Gasteiger charge is 2.28. The molecule has 0 saturated carbocycles. The zero-order valence-electron chi connectivity index (χ0n) is 42.1. The first-order valence-corrected chi connectivity index (χ1v) is 23.5. The van der Waals surface area contributed by atoms with Gasteiger partial charge in [0.1, 0.15) is 57.5 Å². The Labute approximate surface area is 408 Å². The van der Waals surface area contributed by atoms with Crippen LogP contribution in [-0.4, -0.2) is 0 Å². The summed E-state index contributed by atoms with van der Waals surface area (Å²) in [6.45, 7) is 25.9. The Kier molecular flexibility index (Phi) is 13.3. The molecule has 0 aliphatic heterocycles. The van der Waals surface area contributed by atoms with E-state index < -0.39 is 0 Å². The van der Waals surface area contributed by atoms with Crippen LogP contribution in [0.15, 0.2) is 146 Å². The number of rotatable bonds is 14. The van der Waals surface area contributed by atoms with Gasteiger partial charge in [0.05, 0.1) is 0 Å². The first-order valence-electron chi connectivity index (χ1n) is 23.5. The lowest BCUT2D eigenvalue weighted by Crippen LogP contribution is -2.20. The van der Waals surface area contributed by atoms with Gasteiger partial charge in [0.15, 0.2) is 0 Å². The van der Waals surface area contributed by atoms with Crippen LogP contribution >= 0.6 is 0 Å². The maximum absolute atomic E-state index is 6.51. The van der Waals surface area contributed by atoms with Crippen LogP contribution in [0.25, 0.3) is 0 Å². The molecule has 69 heavy (non-hydrogen) atoms. The Morgan fingerprint density at radius 1 is 0.261 bits per heavy atom. The third-order valence-electron chi connectivity index (χ3n) is 13.3. The zero-order valence-corrected chi connectivity index (χ0v) is 42.1. The van der Waals surface area contributed by atoms with Crippen molar-refractivity contribution in [2.45, 2.75) is 93.9 Å². The van der Waals surface area contributed by atoms with E-state index in [0.717, 1.165) is 90.5 Å². The summed E-state index contributed by atoms with van der Waals surface area (Å²) in [5, 5.41) is 0. The number of anilines is 2. The minimum Gasteiger partial charge on any atom is -0.457 e. The average Bonchev–Trinajstić information content (AvgIpc) is 3.30. The molecule has 8 aromatic carbocycles. The minimum absolute atomic E-state index is 0.265. The van der Waals surface area contributed by atoms with E-state index in [2.05, 4.69) is 132 Å². The first kappa shape index (κ1) is 47.8. The molecule has 0 saturated heterocycles. The van der Waals surface area contributed by atoms with E-state index in [-0.39, 0.29) is 10.8 Å². The molecule has 0 radical (unpaired) electrons. The van der Waals surface area contributed by atoms with Gasteiger partial charge in [0.2, 0.25) is 0 Å². The van der Waals surface area contributed by atoms with Crippen molar-refractivity contribution < 1.29 is 23.7 Å². The SMILES string of the molecule is Cc1cc(C(C)(C)c2cc(C)c(Oc3ccc(Oc4ccc(Oc5c(C)cc(C(C)(C)c6cc(C)c(Oc7ccc(N)cc7)c(C)c6)cc5C)cc4)cc3)c(C)c2)cc(C)c1Oc1ccc(N)cc1. The monoisotopic (exact) mass is 916 g/mol. The molecular weight excluding hydrogens is 853 g/mol. The topological polar surface area (TPSA) is 98.2 Å². The number of hydrogen-bond donors (Lipinski definition) is 2. The van der Waals surface area contributed by atoms with Crippen molar-refractivity contribution in [2.75, 3.05) is 11.5 Å². The van der Waals surface area contributed by atoms with E-state index in [0.29, 0.717) is 22.9 Å². The van der Waals surface area contributed by atoms with Crippen molar-refractivity contribution in [3.05, 3.63) is 212 Å². The molecule has 0 heterocycles. The van der Waals surface area contributed by atoms with Crippen molar-refractivity contribution in [1.29, 1.82) is 0 Å². The number of ether oxygens (including phenoxy) is 5. The van der Waals surface area contributed by atoms with Crippen LogP contribution in [0.3, 0.4) is 0 Å². The van der Waals surface area contributed by atoms with Crippen LogP contribution in [0.2, 0.25) is 0 Å². The minimum atomic E-state index is -0.265. The molecule has 0 unspecified atom stereocenters. The van der Waals surface area contributed by atoms with Crippen LogP contribution in [-0.2, 0) is 10.8 Å². The molecule has 8 aromatic rings. The van der Waals surface area contributed by atoms with Gasteiger partial charge >= 0.3 is 0 Å². The lowest BCUT2D eigenvalue weighted by Gasteiger charge is -2.29. The number of aryl methyl sites for hydroxylation is 8. The van der Waals surface area contributed by atoms with Crippen molar-refractivity contribution >= 4 is 11.4 Å². The Morgan fingerprint density at radius 2 is 0.420 bits per heavy atom. The highest BCUT2D eigenvalue weighted by atomic mass is 16.5. The number of nitrogens with two attached hydrogens (primary N) is 2. The maximum Gasteiger partial charge on any atom is 0.133 e. The summed E-state index contributed by atoms with van der Waals surface area (Å²) in [5.41, 5.74) is 26.1. The predicted molar refractivity (Wildman–Crippen MR) is 283 cm³/mol. The molecule has 0 amide bonds. The number of hydrogen-bond acceptors (Lipinski definition) is 7. The normalized spacial score (nSPS) is 11.6. The molecule has 0 atom stereocenters. The molecule has 4 N–H and O–H groups in total. The summed E-state index contributed by atoms with van der Waals surface area (Å²) < 4.78 is 31.9. The summed E-state index contributed by atoms with van der Waals surface area (Å²) in [4.78, 5) is 0. The van der Waals surface area contributed by atoms with Crippen molar-refractivity contribution in [1.82, 2.24) is 0 Å². The molecule has 7 heteroatoms. The van der Waals surface area contributed by atoms with Gasteiger partial charge in [-0.1, -0.05) is 76.2 Å².